The molecule has 0 bridgehead atoms. The van der Waals surface area contributed by atoms with Gasteiger partial charge >= 0.3 is 0 Å². The first kappa shape index (κ1) is 15.0. The molecule has 0 fully saturated rings. The van der Waals surface area contributed by atoms with Crippen LogP contribution in [0.2, 0.25) is 0 Å². The Labute approximate surface area is 134 Å². The van der Waals surface area contributed by atoms with Crippen molar-refractivity contribution in [3.05, 3.63) is 71.2 Å². The Hall–Kier alpha value is -2.88. The van der Waals surface area contributed by atoms with Crippen molar-refractivity contribution in [3.8, 4) is 0 Å². The minimum absolute atomic E-state index is 0.265. The number of benzene rings is 2. The van der Waals surface area contributed by atoms with Gasteiger partial charge in [0.05, 0.1) is 11.3 Å². The maximum absolute atomic E-state index is 12.2. The molecule has 4 nitrogen and oxygen atoms in total. The lowest BCUT2D eigenvalue weighted by Crippen LogP contribution is -2.19. The molecule has 0 saturated carbocycles. The monoisotopic (exact) mass is 306 g/mol. The van der Waals surface area contributed by atoms with Crippen LogP contribution in [0.5, 0.6) is 0 Å². The molecule has 23 heavy (non-hydrogen) atoms. The van der Waals surface area contributed by atoms with Crippen molar-refractivity contribution in [1.29, 1.82) is 0 Å². The van der Waals surface area contributed by atoms with Crippen molar-refractivity contribution in [2.45, 2.75) is 20.8 Å². The van der Waals surface area contributed by atoms with Crippen LogP contribution in [-0.2, 0) is 0 Å². The first-order valence-corrected chi connectivity index (χ1v) is 7.46. The molecule has 0 radical (unpaired) electrons. The molecule has 3 rings (SSSR count). The summed E-state index contributed by atoms with van der Waals surface area (Å²) in [5.41, 5.74) is 4.88. The second kappa shape index (κ2) is 6.08. The van der Waals surface area contributed by atoms with Crippen molar-refractivity contribution in [3.63, 3.8) is 0 Å². The van der Waals surface area contributed by atoms with E-state index in [1.165, 1.54) is 0 Å². The van der Waals surface area contributed by atoms with Gasteiger partial charge in [0.1, 0.15) is 11.5 Å². The van der Waals surface area contributed by atoms with Crippen LogP contribution in [0.1, 0.15) is 34.4 Å². The molecule has 0 unspecified atom stereocenters. The highest BCUT2D eigenvalue weighted by molar-refractivity contribution is 6.10. The fourth-order valence-electron chi connectivity index (χ4n) is 2.65. The third-order valence-corrected chi connectivity index (χ3v) is 3.79. The number of furan rings is 1. The van der Waals surface area contributed by atoms with Crippen LogP contribution in [0.25, 0.3) is 10.8 Å². The van der Waals surface area contributed by atoms with E-state index in [9.17, 15) is 4.79 Å². The molecule has 116 valence electrons. The Kier molecular flexibility index (Phi) is 3.98. The van der Waals surface area contributed by atoms with Crippen molar-refractivity contribution in [2.24, 2.45) is 5.10 Å². The van der Waals surface area contributed by atoms with Gasteiger partial charge in [0.2, 0.25) is 0 Å². The molecule has 0 aliphatic rings. The van der Waals surface area contributed by atoms with Crippen molar-refractivity contribution < 1.29 is 9.21 Å². The number of fused-ring (bicyclic) bond motifs is 1. The molecule has 3 aromatic rings. The summed E-state index contributed by atoms with van der Waals surface area (Å²) in [5, 5.41) is 6.50. The van der Waals surface area contributed by atoms with Gasteiger partial charge in [-0.3, -0.25) is 4.79 Å². The molecule has 0 aliphatic carbocycles. The number of aryl methyl sites for hydroxylation is 2. The third kappa shape index (κ3) is 3.01. The summed E-state index contributed by atoms with van der Waals surface area (Å²) in [6, 6.07) is 15.9. The highest BCUT2D eigenvalue weighted by Crippen LogP contribution is 2.19. The number of amides is 1. The van der Waals surface area contributed by atoms with Crippen LogP contribution in [0, 0.1) is 13.8 Å². The number of carbonyl (C=O) groups excluding carboxylic acids is 1. The number of hydrazone groups is 1. The summed E-state index contributed by atoms with van der Waals surface area (Å²) in [4.78, 5) is 12.2. The van der Waals surface area contributed by atoms with E-state index in [0.717, 1.165) is 22.0 Å². The Morgan fingerprint density at radius 2 is 1.78 bits per heavy atom. The van der Waals surface area contributed by atoms with E-state index in [1.54, 1.807) is 13.0 Å². The minimum atomic E-state index is -0.265. The zero-order chi connectivity index (χ0) is 16.4. The largest absolute Gasteiger partial charge is 0.466 e. The van der Waals surface area contributed by atoms with Crippen LogP contribution in [0.3, 0.4) is 0 Å². The predicted octanol–water partition coefficient (Wildman–Crippen LogP) is 4.20. The summed E-state index contributed by atoms with van der Waals surface area (Å²) in [5.74, 6) is 1.04. The standard InChI is InChI=1S/C19H18N2O2/c1-12-11-18(14(3)23-12)19(22)21-20-13(2)16-10-6-8-15-7-4-5-9-17(15)16/h4-11H,1-3H3,(H,21,22). The van der Waals surface area contributed by atoms with Crippen LogP contribution >= 0.6 is 0 Å². The first-order valence-electron chi connectivity index (χ1n) is 7.46. The molecule has 0 spiro atoms. The fourth-order valence-corrected chi connectivity index (χ4v) is 2.65. The summed E-state index contributed by atoms with van der Waals surface area (Å²) < 4.78 is 5.38. The number of nitrogens with zero attached hydrogens (tertiary/aromatic N) is 1. The maximum atomic E-state index is 12.2. The Morgan fingerprint density at radius 1 is 1.04 bits per heavy atom. The van der Waals surface area contributed by atoms with Gasteiger partial charge in [0, 0.05) is 5.56 Å². The second-order valence-electron chi connectivity index (χ2n) is 5.49. The molecule has 0 saturated heterocycles. The highest BCUT2D eigenvalue weighted by atomic mass is 16.3. The third-order valence-electron chi connectivity index (χ3n) is 3.79. The lowest BCUT2D eigenvalue weighted by molar-refractivity contribution is 0.0953. The molecule has 4 heteroatoms. The molecule has 1 aromatic heterocycles. The number of nitrogens with one attached hydrogen (secondary N) is 1. The van der Waals surface area contributed by atoms with E-state index >= 15 is 0 Å². The van der Waals surface area contributed by atoms with Crippen LogP contribution in [0.4, 0.5) is 0 Å². The maximum Gasteiger partial charge on any atom is 0.274 e. The average molecular weight is 306 g/mol. The zero-order valence-corrected chi connectivity index (χ0v) is 13.4. The zero-order valence-electron chi connectivity index (χ0n) is 13.4. The molecular formula is C19H18N2O2. The number of carbonyl (C=O) groups is 1. The van der Waals surface area contributed by atoms with Gasteiger partial charge < -0.3 is 4.42 Å². The van der Waals surface area contributed by atoms with E-state index < -0.39 is 0 Å². The van der Waals surface area contributed by atoms with E-state index in [-0.39, 0.29) is 5.91 Å². The van der Waals surface area contributed by atoms with Gasteiger partial charge in [-0.05, 0) is 37.6 Å². The van der Waals surface area contributed by atoms with Gasteiger partial charge in [-0.1, -0.05) is 42.5 Å². The Morgan fingerprint density at radius 3 is 2.52 bits per heavy atom. The summed E-state index contributed by atoms with van der Waals surface area (Å²) >= 11 is 0. The second-order valence-corrected chi connectivity index (χ2v) is 5.49. The van der Waals surface area contributed by atoms with Crippen molar-refractivity contribution in [2.75, 3.05) is 0 Å². The van der Waals surface area contributed by atoms with Crippen molar-refractivity contribution >= 4 is 22.4 Å². The molecule has 0 aliphatic heterocycles. The van der Waals surface area contributed by atoms with Gasteiger partial charge in [-0.15, -0.1) is 0 Å². The number of hydrogen-bond donors (Lipinski definition) is 1. The molecule has 0 atom stereocenters. The Bertz CT molecular complexity index is 901. The molecule has 2 aromatic carbocycles. The highest BCUT2D eigenvalue weighted by Gasteiger charge is 2.13. The van der Waals surface area contributed by atoms with Crippen LogP contribution < -0.4 is 5.43 Å². The van der Waals surface area contributed by atoms with Crippen molar-refractivity contribution in [1.82, 2.24) is 5.43 Å². The van der Waals surface area contributed by atoms with E-state index in [1.807, 2.05) is 38.1 Å². The number of hydrogen-bond acceptors (Lipinski definition) is 3. The first-order chi connectivity index (χ1) is 11.1. The quantitative estimate of drug-likeness (QED) is 0.582. The topological polar surface area (TPSA) is 54.6 Å². The van der Waals surface area contributed by atoms with Crippen LogP contribution in [0.15, 0.2) is 58.0 Å². The average Bonchev–Trinajstić information content (AvgIpc) is 2.90. The van der Waals surface area contributed by atoms with Gasteiger partial charge in [-0.25, -0.2) is 5.43 Å². The number of rotatable bonds is 3. The normalized spacial score (nSPS) is 11.7. The molecule has 1 heterocycles. The Balaban J connectivity index is 1.87. The molecular weight excluding hydrogens is 288 g/mol. The van der Waals surface area contributed by atoms with Gasteiger partial charge in [0.15, 0.2) is 0 Å². The molecule has 1 amide bonds. The van der Waals surface area contributed by atoms with Crippen LogP contribution in [-0.4, -0.2) is 11.6 Å². The summed E-state index contributed by atoms with van der Waals surface area (Å²) in [6.07, 6.45) is 0. The smallest absolute Gasteiger partial charge is 0.274 e. The predicted molar refractivity (Wildman–Crippen MR) is 91.8 cm³/mol. The van der Waals surface area contributed by atoms with E-state index in [4.69, 9.17) is 4.42 Å². The van der Waals surface area contributed by atoms with E-state index in [0.29, 0.717) is 17.1 Å². The molecule has 1 N–H and O–H groups in total. The fraction of sp³-hybridized carbons (Fsp3) is 0.158. The minimum Gasteiger partial charge on any atom is -0.466 e. The van der Waals surface area contributed by atoms with Gasteiger partial charge in [0.25, 0.3) is 5.91 Å². The summed E-state index contributed by atoms with van der Waals surface area (Å²) in [7, 11) is 0. The SMILES string of the molecule is CC(=NNC(=O)c1cc(C)oc1C)c1cccc2ccccc12. The van der Waals surface area contributed by atoms with Gasteiger partial charge in [-0.2, -0.15) is 5.10 Å². The summed E-state index contributed by atoms with van der Waals surface area (Å²) in [6.45, 7) is 5.47. The van der Waals surface area contributed by atoms with E-state index in [2.05, 4.69) is 28.7 Å². The lowest BCUT2D eigenvalue weighted by Gasteiger charge is -2.06. The lowest BCUT2D eigenvalue weighted by atomic mass is 10.0.